The highest BCUT2D eigenvalue weighted by atomic mass is 16.4. The second-order valence-electron chi connectivity index (χ2n) is 2.39. The molecule has 0 saturated carbocycles. The van der Waals surface area contributed by atoms with E-state index >= 15 is 0 Å². The van der Waals surface area contributed by atoms with E-state index in [0.717, 1.165) is 13.0 Å². The normalized spacial score (nSPS) is 33.4. The van der Waals surface area contributed by atoms with E-state index < -0.39 is 5.97 Å². The average Bonchev–Trinajstić information content (AvgIpc) is 1.61. The first kappa shape index (κ1) is 6.55. The van der Waals surface area contributed by atoms with Gasteiger partial charge in [0, 0.05) is 6.54 Å². The molecule has 9 heavy (non-hydrogen) atoms. The van der Waals surface area contributed by atoms with Crippen LogP contribution in [0.15, 0.2) is 0 Å². The number of carboxylic acid groups (broad SMARTS) is 1. The molecule has 2 atom stereocenters. The Morgan fingerprint density at radius 3 is 2.67 bits per heavy atom. The van der Waals surface area contributed by atoms with Crippen LogP contribution in [0.2, 0.25) is 0 Å². The molecule has 1 saturated heterocycles. The van der Waals surface area contributed by atoms with Gasteiger partial charge in [-0.2, -0.15) is 0 Å². The fourth-order valence-corrected chi connectivity index (χ4v) is 1.07. The summed E-state index contributed by atoms with van der Waals surface area (Å²) in [6.45, 7) is 2.88. The summed E-state index contributed by atoms with van der Waals surface area (Å²) < 4.78 is 0. The predicted molar refractivity (Wildman–Crippen MR) is 33.2 cm³/mol. The van der Waals surface area contributed by atoms with E-state index in [0.29, 0.717) is 5.92 Å². The van der Waals surface area contributed by atoms with E-state index in [1.807, 2.05) is 6.92 Å². The van der Waals surface area contributed by atoms with Crippen LogP contribution in [0.5, 0.6) is 0 Å². The molecule has 1 aliphatic rings. The molecule has 2 unspecified atom stereocenters. The molecule has 52 valence electrons. The van der Waals surface area contributed by atoms with Crippen LogP contribution in [-0.2, 0) is 4.79 Å². The van der Waals surface area contributed by atoms with E-state index in [2.05, 4.69) is 5.32 Å². The summed E-state index contributed by atoms with van der Waals surface area (Å²) in [5.74, 6) is -0.351. The summed E-state index contributed by atoms with van der Waals surface area (Å²) in [6, 6.07) is -0.269. The standard InChI is InChI=1S/C6H11NO2/c1-2-4-3-7-5(4)6(8)9/h4-5,7H,2-3H2,1H3,(H,8,9). The number of nitrogens with one attached hydrogen (secondary N) is 1. The van der Waals surface area contributed by atoms with Crippen LogP contribution < -0.4 is 5.32 Å². The Balaban J connectivity index is 2.35. The zero-order valence-corrected chi connectivity index (χ0v) is 5.42. The minimum absolute atomic E-state index is 0.269. The van der Waals surface area contributed by atoms with Crippen molar-refractivity contribution in [3.05, 3.63) is 0 Å². The molecule has 1 heterocycles. The molecule has 2 N–H and O–H groups in total. The van der Waals surface area contributed by atoms with E-state index in [9.17, 15) is 4.79 Å². The first-order chi connectivity index (χ1) is 4.25. The minimum atomic E-state index is -0.715. The van der Waals surface area contributed by atoms with Crippen LogP contribution in [-0.4, -0.2) is 23.7 Å². The Kier molecular flexibility index (Phi) is 1.71. The predicted octanol–water partition coefficient (Wildman–Crippen LogP) is 0.0690. The lowest BCUT2D eigenvalue weighted by atomic mass is 9.90. The third kappa shape index (κ3) is 1.05. The molecule has 3 heteroatoms. The lowest BCUT2D eigenvalue weighted by Gasteiger charge is -2.33. The maximum absolute atomic E-state index is 10.3. The van der Waals surface area contributed by atoms with Gasteiger partial charge in [-0.05, 0) is 5.92 Å². The van der Waals surface area contributed by atoms with Gasteiger partial charge < -0.3 is 10.4 Å². The number of hydrogen-bond acceptors (Lipinski definition) is 2. The summed E-state index contributed by atoms with van der Waals surface area (Å²) in [5, 5.41) is 11.3. The zero-order chi connectivity index (χ0) is 6.85. The third-order valence-electron chi connectivity index (χ3n) is 1.86. The zero-order valence-electron chi connectivity index (χ0n) is 5.42. The van der Waals surface area contributed by atoms with Crippen LogP contribution in [0.25, 0.3) is 0 Å². The highest BCUT2D eigenvalue weighted by Crippen LogP contribution is 2.16. The van der Waals surface area contributed by atoms with Crippen LogP contribution in [0.3, 0.4) is 0 Å². The first-order valence-corrected chi connectivity index (χ1v) is 3.22. The van der Waals surface area contributed by atoms with Gasteiger partial charge in [0.25, 0.3) is 0 Å². The van der Waals surface area contributed by atoms with E-state index in [1.54, 1.807) is 0 Å². The Morgan fingerprint density at radius 1 is 1.89 bits per heavy atom. The molecule has 0 bridgehead atoms. The molecule has 0 aliphatic carbocycles. The van der Waals surface area contributed by atoms with Crippen LogP contribution in [0.1, 0.15) is 13.3 Å². The second kappa shape index (κ2) is 2.35. The maximum atomic E-state index is 10.3. The topological polar surface area (TPSA) is 49.3 Å². The highest BCUT2D eigenvalue weighted by Gasteiger charge is 2.34. The fraction of sp³-hybridized carbons (Fsp3) is 0.833. The third-order valence-corrected chi connectivity index (χ3v) is 1.86. The summed E-state index contributed by atoms with van der Waals surface area (Å²) in [5.41, 5.74) is 0. The largest absolute Gasteiger partial charge is 0.480 e. The Morgan fingerprint density at radius 2 is 2.56 bits per heavy atom. The minimum Gasteiger partial charge on any atom is -0.480 e. The average molecular weight is 129 g/mol. The second-order valence-corrected chi connectivity index (χ2v) is 2.39. The van der Waals surface area contributed by atoms with Crippen molar-refractivity contribution < 1.29 is 9.90 Å². The molecule has 0 aromatic heterocycles. The van der Waals surface area contributed by atoms with Crippen LogP contribution >= 0.6 is 0 Å². The van der Waals surface area contributed by atoms with E-state index in [1.165, 1.54) is 0 Å². The molecular formula is C6H11NO2. The molecule has 0 aromatic carbocycles. The van der Waals surface area contributed by atoms with Crippen molar-refractivity contribution in [1.82, 2.24) is 5.32 Å². The summed E-state index contributed by atoms with van der Waals surface area (Å²) in [7, 11) is 0. The molecule has 1 aliphatic heterocycles. The van der Waals surface area contributed by atoms with Gasteiger partial charge in [-0.25, -0.2) is 0 Å². The van der Waals surface area contributed by atoms with E-state index in [-0.39, 0.29) is 6.04 Å². The summed E-state index contributed by atoms with van der Waals surface area (Å²) in [6.07, 6.45) is 0.962. The van der Waals surface area contributed by atoms with Gasteiger partial charge in [-0.1, -0.05) is 13.3 Å². The number of carboxylic acids is 1. The lowest BCUT2D eigenvalue weighted by molar-refractivity contribution is -0.143. The van der Waals surface area contributed by atoms with Crippen LogP contribution in [0, 0.1) is 5.92 Å². The molecule has 3 nitrogen and oxygen atoms in total. The lowest BCUT2D eigenvalue weighted by Crippen LogP contribution is -2.56. The maximum Gasteiger partial charge on any atom is 0.321 e. The van der Waals surface area contributed by atoms with Crippen molar-refractivity contribution in [2.24, 2.45) is 5.92 Å². The Bertz CT molecular complexity index is 122. The van der Waals surface area contributed by atoms with Crippen molar-refractivity contribution in [3.63, 3.8) is 0 Å². The van der Waals surface area contributed by atoms with Crippen LogP contribution in [0.4, 0.5) is 0 Å². The molecule has 0 aromatic rings. The summed E-state index contributed by atoms with van der Waals surface area (Å²) in [4.78, 5) is 10.3. The van der Waals surface area contributed by atoms with Gasteiger partial charge in [-0.3, -0.25) is 4.79 Å². The SMILES string of the molecule is CCC1CNC1C(=O)O. The number of hydrogen-bond donors (Lipinski definition) is 2. The van der Waals surface area contributed by atoms with Gasteiger partial charge in [0.15, 0.2) is 0 Å². The van der Waals surface area contributed by atoms with Crippen molar-refractivity contribution in [3.8, 4) is 0 Å². The smallest absolute Gasteiger partial charge is 0.321 e. The van der Waals surface area contributed by atoms with Crippen molar-refractivity contribution in [1.29, 1.82) is 0 Å². The van der Waals surface area contributed by atoms with Gasteiger partial charge in [0.2, 0.25) is 0 Å². The Hall–Kier alpha value is -0.570. The highest BCUT2D eigenvalue weighted by molar-refractivity contribution is 5.75. The van der Waals surface area contributed by atoms with Crippen molar-refractivity contribution in [2.75, 3.05) is 6.54 Å². The van der Waals surface area contributed by atoms with Gasteiger partial charge >= 0.3 is 5.97 Å². The molecular weight excluding hydrogens is 118 g/mol. The van der Waals surface area contributed by atoms with Gasteiger partial charge in [0.1, 0.15) is 6.04 Å². The Labute approximate surface area is 54.1 Å². The van der Waals surface area contributed by atoms with Gasteiger partial charge in [0.05, 0.1) is 0 Å². The quantitative estimate of drug-likeness (QED) is 0.554. The van der Waals surface area contributed by atoms with E-state index in [4.69, 9.17) is 5.11 Å². The molecule has 0 radical (unpaired) electrons. The number of rotatable bonds is 2. The van der Waals surface area contributed by atoms with Gasteiger partial charge in [-0.15, -0.1) is 0 Å². The first-order valence-electron chi connectivity index (χ1n) is 3.22. The molecule has 0 spiro atoms. The molecule has 1 fully saturated rings. The van der Waals surface area contributed by atoms with Crippen molar-refractivity contribution in [2.45, 2.75) is 19.4 Å². The monoisotopic (exact) mass is 129 g/mol. The van der Waals surface area contributed by atoms with Crippen molar-refractivity contribution >= 4 is 5.97 Å². The summed E-state index contributed by atoms with van der Waals surface area (Å²) >= 11 is 0. The molecule has 1 rings (SSSR count). The fourth-order valence-electron chi connectivity index (χ4n) is 1.07. The number of aliphatic carboxylic acids is 1. The number of carbonyl (C=O) groups is 1. The molecule has 0 amide bonds.